The predicted molar refractivity (Wildman–Crippen MR) is 163 cm³/mol. The molecule has 2 aromatic carbocycles. The first-order valence-corrected chi connectivity index (χ1v) is 15.0. The summed E-state index contributed by atoms with van der Waals surface area (Å²) in [7, 11) is -1.64. The zero-order valence-electron chi connectivity index (χ0n) is 22.0. The van der Waals surface area contributed by atoms with Crippen molar-refractivity contribution in [3.63, 3.8) is 0 Å². The van der Waals surface area contributed by atoms with E-state index in [9.17, 15) is 0 Å². The van der Waals surface area contributed by atoms with E-state index < -0.39 is 19.5 Å². The van der Waals surface area contributed by atoms with Crippen LogP contribution in [-0.4, -0.2) is 30.7 Å². The Kier molecular flexibility index (Phi) is 12.4. The summed E-state index contributed by atoms with van der Waals surface area (Å²) in [5.74, 6) is 6.35. The molecule has 0 unspecified atom stereocenters. The molecule has 0 radical (unpaired) electrons. The van der Waals surface area contributed by atoms with Crippen LogP contribution in [-0.2, 0) is 8.85 Å². The molecule has 2 rings (SSSR count). The Morgan fingerprint density at radius 2 is 1.11 bits per heavy atom. The number of benzene rings is 2. The quantitative estimate of drug-likeness (QED) is 0.189. The first-order valence-electron chi connectivity index (χ1n) is 12.4. The van der Waals surface area contributed by atoms with Crippen LogP contribution in [0.1, 0.15) is 50.7 Å². The maximum atomic E-state index is 6.29. The van der Waals surface area contributed by atoms with Crippen molar-refractivity contribution in [2.24, 2.45) is 0 Å². The van der Waals surface area contributed by atoms with E-state index in [0.29, 0.717) is 0 Å². The molecule has 0 N–H and O–H groups in total. The van der Waals surface area contributed by atoms with Crippen molar-refractivity contribution >= 4 is 36.0 Å². The number of rotatable bonds is 15. The molecule has 0 aromatic heterocycles. The molecule has 0 saturated heterocycles. The minimum atomic E-state index is -0.824. The van der Waals surface area contributed by atoms with Gasteiger partial charge in [0.15, 0.2) is 19.5 Å². The maximum Gasteiger partial charge on any atom is 0.193 e. The summed E-state index contributed by atoms with van der Waals surface area (Å²) in [6.45, 7) is 19.7. The van der Waals surface area contributed by atoms with E-state index in [-0.39, 0.29) is 11.2 Å². The second-order valence-corrected chi connectivity index (χ2v) is 12.3. The number of hydrogen-bond donors (Lipinski definition) is 0. The monoisotopic (exact) mass is 512 g/mol. The Labute approximate surface area is 223 Å². The Morgan fingerprint density at radius 3 is 1.53 bits per heavy atom. The minimum Gasteiger partial charge on any atom is -0.413 e. The molecule has 0 aliphatic rings. The third-order valence-electron chi connectivity index (χ3n) is 5.99. The fourth-order valence-electron chi connectivity index (χ4n) is 3.81. The van der Waals surface area contributed by atoms with Crippen molar-refractivity contribution in [1.82, 2.24) is 0 Å². The molecule has 0 bridgehead atoms. The molecule has 0 aliphatic carbocycles. The summed E-state index contributed by atoms with van der Waals surface area (Å²) in [6, 6.07) is 16.9. The van der Waals surface area contributed by atoms with Crippen LogP contribution in [0.4, 0.5) is 0 Å². The van der Waals surface area contributed by atoms with Crippen molar-refractivity contribution in [2.75, 3.05) is 0 Å². The average Bonchev–Trinajstić information content (AvgIpc) is 2.86. The van der Waals surface area contributed by atoms with Gasteiger partial charge in [0.25, 0.3) is 0 Å². The van der Waals surface area contributed by atoms with Gasteiger partial charge in [0.1, 0.15) is 0 Å². The number of allylic oxidation sites excluding steroid dienone is 1. The lowest BCUT2D eigenvalue weighted by Gasteiger charge is -2.28. The van der Waals surface area contributed by atoms with E-state index in [4.69, 9.17) is 8.85 Å². The highest BCUT2D eigenvalue weighted by Crippen LogP contribution is 2.21. The molecule has 0 heterocycles. The summed E-state index contributed by atoms with van der Waals surface area (Å²) >= 11 is 0. The zero-order chi connectivity index (χ0) is 26.3. The fraction of sp³-hybridized carbons (Fsp3) is 0.250. The van der Waals surface area contributed by atoms with Crippen LogP contribution in [0, 0.1) is 11.8 Å². The lowest BCUT2D eigenvalue weighted by molar-refractivity contribution is 0.104. The Hall–Kier alpha value is -2.95. The van der Waals surface area contributed by atoms with Crippen LogP contribution >= 0.6 is 0 Å². The van der Waals surface area contributed by atoms with Crippen LogP contribution in [0.3, 0.4) is 0 Å². The van der Waals surface area contributed by atoms with Gasteiger partial charge in [0, 0.05) is 5.56 Å². The molecule has 0 fully saturated rings. The first kappa shape index (κ1) is 29.3. The standard InChI is InChI=1S/C32H40O2Si2/c1-7-23-31(5,24-8-2)33-35-29-19-15-27(16-20-29)13-11-12-14-28-17-21-30(22-18-28)36-34-32(6,25-9-3)26-10-4/h7-11,13,15-22H,1-4,23-26,35-36H2,5-6H3. The van der Waals surface area contributed by atoms with Gasteiger partial charge in [-0.3, -0.25) is 0 Å². The largest absolute Gasteiger partial charge is 0.413 e. The highest BCUT2D eigenvalue weighted by atomic mass is 28.2. The van der Waals surface area contributed by atoms with Crippen LogP contribution < -0.4 is 10.4 Å². The van der Waals surface area contributed by atoms with E-state index in [1.807, 2.05) is 36.5 Å². The molecule has 0 saturated carbocycles. The summed E-state index contributed by atoms with van der Waals surface area (Å²) < 4.78 is 12.6. The highest BCUT2D eigenvalue weighted by Gasteiger charge is 2.22. The first-order chi connectivity index (χ1) is 17.3. The van der Waals surface area contributed by atoms with Gasteiger partial charge in [-0.15, -0.1) is 26.3 Å². The predicted octanol–water partition coefficient (Wildman–Crippen LogP) is 5.02. The van der Waals surface area contributed by atoms with Crippen LogP contribution in [0.15, 0.2) is 105 Å². The minimum absolute atomic E-state index is 0.200. The lowest BCUT2D eigenvalue weighted by atomic mass is 9.99. The molecular formula is C32H40O2Si2. The third-order valence-corrected chi connectivity index (χ3v) is 9.28. The van der Waals surface area contributed by atoms with Crippen LogP contribution in [0.2, 0.25) is 0 Å². The molecule has 2 aromatic rings. The summed E-state index contributed by atoms with van der Waals surface area (Å²) in [5, 5.41) is 2.54. The molecule has 0 aliphatic heterocycles. The molecule has 36 heavy (non-hydrogen) atoms. The molecule has 2 nitrogen and oxygen atoms in total. The van der Waals surface area contributed by atoms with Crippen molar-refractivity contribution in [3.8, 4) is 11.8 Å². The van der Waals surface area contributed by atoms with Crippen molar-refractivity contribution in [2.45, 2.75) is 50.7 Å². The summed E-state index contributed by atoms with van der Waals surface area (Å²) in [6.07, 6.45) is 14.9. The van der Waals surface area contributed by atoms with Crippen molar-refractivity contribution in [1.29, 1.82) is 0 Å². The van der Waals surface area contributed by atoms with Crippen molar-refractivity contribution in [3.05, 3.63) is 116 Å². The van der Waals surface area contributed by atoms with E-state index >= 15 is 0 Å². The van der Waals surface area contributed by atoms with Gasteiger partial charge in [0.05, 0.1) is 11.2 Å². The van der Waals surface area contributed by atoms with E-state index in [2.05, 4.69) is 101 Å². The molecule has 0 spiro atoms. The topological polar surface area (TPSA) is 18.5 Å². The second-order valence-electron chi connectivity index (χ2n) is 9.49. The Bertz CT molecular complexity index is 1070. The van der Waals surface area contributed by atoms with Gasteiger partial charge >= 0.3 is 0 Å². The molecule has 0 amide bonds. The summed E-state index contributed by atoms with van der Waals surface area (Å²) in [4.78, 5) is 0. The average molecular weight is 513 g/mol. The van der Waals surface area contributed by atoms with Gasteiger partial charge in [-0.2, -0.15) is 0 Å². The molecule has 4 heteroatoms. The SMILES string of the molecule is C=CCC(C)(CC=C)O[SiH2]c1ccc(C#CC=Cc2ccc([SiH2]OC(C)(CC=C)CC=C)cc2)cc1. The smallest absolute Gasteiger partial charge is 0.193 e. The Balaban J connectivity index is 1.88. The molecule has 0 atom stereocenters. The molecule has 188 valence electrons. The van der Waals surface area contributed by atoms with Gasteiger partial charge in [0.2, 0.25) is 0 Å². The van der Waals surface area contributed by atoms with Crippen LogP contribution in [0.5, 0.6) is 0 Å². The van der Waals surface area contributed by atoms with Gasteiger partial charge < -0.3 is 8.85 Å². The van der Waals surface area contributed by atoms with Gasteiger partial charge in [-0.05, 0) is 79.8 Å². The normalized spacial score (nSPS) is 12.2. The molecular weight excluding hydrogens is 473 g/mol. The second kappa shape index (κ2) is 15.2. The summed E-state index contributed by atoms with van der Waals surface area (Å²) in [5.41, 5.74) is 1.72. The van der Waals surface area contributed by atoms with Crippen molar-refractivity contribution < 1.29 is 8.85 Å². The third kappa shape index (κ3) is 10.4. The van der Waals surface area contributed by atoms with E-state index in [0.717, 1.165) is 36.8 Å². The van der Waals surface area contributed by atoms with Crippen LogP contribution in [0.25, 0.3) is 6.08 Å². The van der Waals surface area contributed by atoms with E-state index in [1.54, 1.807) is 0 Å². The van der Waals surface area contributed by atoms with Gasteiger partial charge in [-0.1, -0.05) is 72.5 Å². The highest BCUT2D eigenvalue weighted by molar-refractivity contribution is 6.47. The number of hydrogen-bond acceptors (Lipinski definition) is 2. The lowest BCUT2D eigenvalue weighted by Crippen LogP contribution is -2.33. The van der Waals surface area contributed by atoms with Gasteiger partial charge in [-0.25, -0.2) is 0 Å². The maximum absolute atomic E-state index is 6.29. The zero-order valence-corrected chi connectivity index (χ0v) is 24.8. The van der Waals surface area contributed by atoms with E-state index in [1.165, 1.54) is 10.4 Å². The Morgan fingerprint density at radius 1 is 0.694 bits per heavy atom. The fourth-order valence-corrected chi connectivity index (χ4v) is 6.17.